The van der Waals surface area contributed by atoms with Gasteiger partial charge in [-0.15, -0.1) is 11.8 Å². The van der Waals surface area contributed by atoms with Gasteiger partial charge in [-0.05, 0) is 100 Å². The summed E-state index contributed by atoms with van der Waals surface area (Å²) in [7, 11) is -3.84. The number of unbranched alkanes of at least 4 members (excludes halogenated alkanes) is 19. The van der Waals surface area contributed by atoms with E-state index in [9.17, 15) is 8.42 Å². The van der Waals surface area contributed by atoms with E-state index in [0.717, 1.165) is 91.8 Å². The van der Waals surface area contributed by atoms with Crippen LogP contribution < -0.4 is 9.64 Å². The topological polar surface area (TPSA) is 69.2 Å². The third-order valence-electron chi connectivity index (χ3n) is 14.9. The zero-order valence-electron chi connectivity index (χ0n) is 40.6. The highest BCUT2D eigenvalue weighted by atomic mass is 32.2. The first-order valence-corrected chi connectivity index (χ1v) is 29.0. The molecule has 64 heavy (non-hydrogen) atoms. The average molecular weight is 918 g/mol. The fraction of sp³-hybridized carbons (Fsp3) is 0.722. The van der Waals surface area contributed by atoms with Crippen LogP contribution in [0.3, 0.4) is 0 Å². The fourth-order valence-electron chi connectivity index (χ4n) is 10.7. The summed E-state index contributed by atoms with van der Waals surface area (Å²) >= 11 is 1.68. The lowest BCUT2D eigenvalue weighted by Gasteiger charge is -2.46. The summed E-state index contributed by atoms with van der Waals surface area (Å²) in [6.07, 6.45) is 35.7. The van der Waals surface area contributed by atoms with Gasteiger partial charge in [-0.2, -0.15) is 0 Å². The largest absolute Gasteiger partial charge is 0.494 e. The average Bonchev–Trinajstić information content (AvgIpc) is 3.34. The number of piperazine rings is 1. The molecule has 6 rings (SSSR count). The Kier molecular flexibility index (Phi) is 22.4. The first-order chi connectivity index (χ1) is 31.4. The second-order valence-corrected chi connectivity index (χ2v) is 22.1. The fourth-order valence-corrected chi connectivity index (χ4v) is 12.6. The van der Waals surface area contributed by atoms with Gasteiger partial charge in [0.05, 0.1) is 22.7 Å². The van der Waals surface area contributed by atoms with Crippen LogP contribution in [0.2, 0.25) is 0 Å². The highest BCUT2D eigenvalue weighted by molar-refractivity contribution is 7.98. The van der Waals surface area contributed by atoms with E-state index in [-0.39, 0.29) is 4.90 Å². The maximum atomic E-state index is 14.5. The number of ether oxygens (including phenoxy) is 1. The second kappa shape index (κ2) is 28.1. The van der Waals surface area contributed by atoms with Crippen LogP contribution in [0.15, 0.2) is 63.3 Å². The zero-order valence-corrected chi connectivity index (χ0v) is 42.2. The van der Waals surface area contributed by atoms with Gasteiger partial charge in [0, 0.05) is 67.8 Å². The normalized spacial score (nSPS) is 17.8. The summed E-state index contributed by atoms with van der Waals surface area (Å²) in [5.74, 6) is 0.725. The molecule has 10 heteroatoms. The van der Waals surface area contributed by atoms with Crippen LogP contribution in [-0.2, 0) is 9.84 Å². The van der Waals surface area contributed by atoms with Gasteiger partial charge in [-0.25, -0.2) is 8.42 Å². The summed E-state index contributed by atoms with van der Waals surface area (Å²) in [5.41, 5.74) is 1.64. The molecule has 358 valence electrons. The Labute approximate surface area is 395 Å². The molecule has 3 aliphatic rings. The Morgan fingerprint density at radius 1 is 0.609 bits per heavy atom. The number of likely N-dealkylation sites (tertiary alicyclic amines) is 1. The number of hydrogen-bond acceptors (Lipinski definition) is 9. The number of rotatable bonds is 29. The van der Waals surface area contributed by atoms with Gasteiger partial charge in [-0.1, -0.05) is 136 Å². The van der Waals surface area contributed by atoms with Crippen LogP contribution in [0.1, 0.15) is 168 Å². The molecule has 0 radical (unpaired) electrons. The van der Waals surface area contributed by atoms with Gasteiger partial charge in [-0.3, -0.25) is 14.8 Å². The summed E-state index contributed by atoms with van der Waals surface area (Å²) in [4.78, 5) is 16.8. The van der Waals surface area contributed by atoms with E-state index in [1.54, 1.807) is 30.1 Å². The number of fused-ring (bicyclic) bond motifs is 1. The van der Waals surface area contributed by atoms with Gasteiger partial charge in [0.15, 0.2) is 0 Å². The predicted octanol–water partition coefficient (Wildman–Crippen LogP) is 13.1. The highest BCUT2D eigenvalue weighted by Crippen LogP contribution is 2.39. The molecule has 0 amide bonds. The van der Waals surface area contributed by atoms with E-state index in [0.29, 0.717) is 17.5 Å². The minimum atomic E-state index is -3.84. The van der Waals surface area contributed by atoms with Gasteiger partial charge in [0.2, 0.25) is 9.84 Å². The number of hydrogen-bond donors (Lipinski definition) is 0. The Balaban J connectivity index is 0.904. The lowest BCUT2D eigenvalue weighted by Crippen LogP contribution is -2.56. The summed E-state index contributed by atoms with van der Waals surface area (Å²) in [5, 5.41) is 0.920. The van der Waals surface area contributed by atoms with Crippen molar-refractivity contribution in [1.29, 1.82) is 0 Å². The maximum absolute atomic E-state index is 14.5. The van der Waals surface area contributed by atoms with Gasteiger partial charge in [0.25, 0.3) is 0 Å². The number of sulfone groups is 1. The Hall–Kier alpha value is -2.37. The highest BCUT2D eigenvalue weighted by Gasteiger charge is 2.34. The molecule has 3 saturated heterocycles. The molecule has 0 unspecified atom stereocenters. The first-order valence-electron chi connectivity index (χ1n) is 26.3. The third-order valence-corrected chi connectivity index (χ3v) is 17.4. The molecular formula is C54H87N5O3S2. The van der Waals surface area contributed by atoms with E-state index in [2.05, 4.69) is 51.8 Å². The lowest BCUT2D eigenvalue weighted by molar-refractivity contribution is 0.0384. The van der Waals surface area contributed by atoms with E-state index in [1.165, 1.54) is 154 Å². The summed E-state index contributed by atoms with van der Waals surface area (Å²) < 4.78 is 35.2. The van der Waals surface area contributed by atoms with E-state index >= 15 is 0 Å². The van der Waals surface area contributed by atoms with Gasteiger partial charge >= 0.3 is 0 Å². The Bertz CT molecular complexity index is 1850. The van der Waals surface area contributed by atoms with Crippen molar-refractivity contribution in [3.8, 4) is 5.75 Å². The molecule has 4 heterocycles. The summed E-state index contributed by atoms with van der Waals surface area (Å²) in [6, 6.07) is 14.6. The summed E-state index contributed by atoms with van der Waals surface area (Å²) in [6.45, 7) is 15.1. The maximum Gasteiger partial charge on any atom is 0.210 e. The number of nitrogens with zero attached hydrogens (tertiary/aromatic N) is 5. The molecule has 3 aliphatic heterocycles. The number of anilines is 1. The first kappa shape index (κ1) is 51.0. The lowest BCUT2D eigenvalue weighted by atomic mass is 9.99. The van der Waals surface area contributed by atoms with E-state index < -0.39 is 9.84 Å². The Morgan fingerprint density at radius 2 is 1.09 bits per heavy atom. The molecule has 0 bridgehead atoms. The van der Waals surface area contributed by atoms with Crippen molar-refractivity contribution in [3.05, 3.63) is 48.7 Å². The Morgan fingerprint density at radius 3 is 1.58 bits per heavy atom. The predicted molar refractivity (Wildman–Crippen MR) is 272 cm³/mol. The minimum absolute atomic E-state index is 0.287. The zero-order chi connectivity index (χ0) is 44.8. The molecule has 3 fully saturated rings. The van der Waals surface area contributed by atoms with Crippen molar-refractivity contribution in [2.24, 2.45) is 0 Å². The molecule has 8 nitrogen and oxygen atoms in total. The SMILES string of the molecule is CCCCCCCCCCCCCCCCCCCCCCOc1ccc(S(=O)(=O)c2cnc3ccc(SC)cc3c2N2CCC(N3CCN(C4CCN(CC)CC4)CC3)CC2)cc1. The molecule has 2 aromatic carbocycles. The van der Waals surface area contributed by atoms with Crippen LogP contribution in [-0.4, -0.2) is 112 Å². The monoisotopic (exact) mass is 918 g/mol. The van der Waals surface area contributed by atoms with Crippen molar-refractivity contribution < 1.29 is 13.2 Å². The molecule has 3 aromatic rings. The third kappa shape index (κ3) is 15.6. The quantitative estimate of drug-likeness (QED) is 0.0500. The van der Waals surface area contributed by atoms with Crippen molar-refractivity contribution in [2.45, 2.75) is 195 Å². The number of thioether (sulfide) groups is 1. The van der Waals surface area contributed by atoms with Crippen LogP contribution in [0.4, 0.5) is 5.69 Å². The molecule has 0 aliphatic carbocycles. The van der Waals surface area contributed by atoms with E-state index in [4.69, 9.17) is 9.72 Å². The van der Waals surface area contributed by atoms with Crippen molar-refractivity contribution in [1.82, 2.24) is 19.7 Å². The minimum Gasteiger partial charge on any atom is -0.494 e. The number of pyridine rings is 1. The van der Waals surface area contributed by atoms with Gasteiger partial charge < -0.3 is 14.5 Å². The number of piperidine rings is 2. The van der Waals surface area contributed by atoms with Crippen molar-refractivity contribution in [3.63, 3.8) is 0 Å². The van der Waals surface area contributed by atoms with Crippen LogP contribution >= 0.6 is 11.8 Å². The van der Waals surface area contributed by atoms with Crippen LogP contribution in [0.5, 0.6) is 5.75 Å². The molecule has 1 aromatic heterocycles. The van der Waals surface area contributed by atoms with Gasteiger partial charge in [0.1, 0.15) is 10.6 Å². The molecule has 0 atom stereocenters. The number of benzene rings is 2. The van der Waals surface area contributed by atoms with Crippen molar-refractivity contribution >= 4 is 38.2 Å². The standard InChI is InChI=1S/C54H87N5O3S2/c1-4-6-7-8-9-10-11-12-13-14-15-16-17-18-19-20-21-22-23-24-43-62-48-25-28-50(29-26-48)64(60,61)53-45-55-52-30-27-49(63-3)44-51(52)54(53)59-37-33-47(34-38-59)58-41-39-57(40-42-58)46-31-35-56(5-2)36-32-46/h25-30,44-47H,4-24,31-43H2,1-3H3. The number of aromatic nitrogens is 1. The molecule has 0 saturated carbocycles. The van der Waals surface area contributed by atoms with Crippen LogP contribution in [0, 0.1) is 0 Å². The molecular weight excluding hydrogens is 831 g/mol. The van der Waals surface area contributed by atoms with E-state index in [1.807, 2.05) is 18.2 Å². The second-order valence-electron chi connectivity index (χ2n) is 19.4. The van der Waals surface area contributed by atoms with Crippen molar-refractivity contribution in [2.75, 3.05) is 76.7 Å². The molecule has 0 spiro atoms. The van der Waals surface area contributed by atoms with Crippen LogP contribution in [0.25, 0.3) is 10.9 Å². The molecule has 0 N–H and O–H groups in total. The smallest absolute Gasteiger partial charge is 0.210 e.